The van der Waals surface area contributed by atoms with E-state index in [2.05, 4.69) is 10.2 Å². The summed E-state index contributed by atoms with van der Waals surface area (Å²) < 4.78 is 0. The number of carbonyl (C=O) groups is 3. The van der Waals surface area contributed by atoms with Crippen molar-refractivity contribution in [1.29, 1.82) is 0 Å². The van der Waals surface area contributed by atoms with Crippen molar-refractivity contribution in [2.75, 3.05) is 39.3 Å². The third kappa shape index (κ3) is 4.34. The van der Waals surface area contributed by atoms with E-state index in [9.17, 15) is 19.5 Å². The van der Waals surface area contributed by atoms with Gasteiger partial charge >= 0.3 is 6.03 Å². The van der Waals surface area contributed by atoms with E-state index >= 15 is 0 Å². The van der Waals surface area contributed by atoms with Crippen molar-refractivity contribution in [2.24, 2.45) is 0 Å². The summed E-state index contributed by atoms with van der Waals surface area (Å²) in [6.07, 6.45) is -0.668. The largest absolute Gasteiger partial charge is 0.390 e. The molecule has 134 valence electrons. The number of carbonyl (C=O) groups excluding carboxylic acids is 3. The van der Waals surface area contributed by atoms with Crippen LogP contribution in [-0.4, -0.2) is 83.0 Å². The van der Waals surface area contributed by atoms with Crippen molar-refractivity contribution in [3.63, 3.8) is 0 Å². The van der Waals surface area contributed by atoms with E-state index in [1.54, 1.807) is 0 Å². The van der Waals surface area contributed by atoms with Crippen LogP contribution in [0.4, 0.5) is 4.79 Å². The van der Waals surface area contributed by atoms with Gasteiger partial charge in [0, 0.05) is 32.7 Å². The quantitative estimate of drug-likeness (QED) is 0.700. The van der Waals surface area contributed by atoms with Crippen LogP contribution in [0, 0.1) is 0 Å². The lowest BCUT2D eigenvalue weighted by atomic mass is 10.2. The zero-order valence-electron chi connectivity index (χ0n) is 13.9. The zero-order chi connectivity index (χ0) is 17.8. The minimum Gasteiger partial charge on any atom is -0.390 e. The van der Waals surface area contributed by atoms with Gasteiger partial charge in [-0.15, -0.1) is 0 Å². The molecule has 1 aromatic carbocycles. The summed E-state index contributed by atoms with van der Waals surface area (Å²) in [5.41, 5.74) is 1.15. The highest BCUT2D eigenvalue weighted by Gasteiger charge is 2.33. The number of amides is 4. The van der Waals surface area contributed by atoms with Crippen LogP contribution in [0.3, 0.4) is 0 Å². The summed E-state index contributed by atoms with van der Waals surface area (Å²) in [5.74, 6) is -0.731. The normalized spacial score (nSPS) is 22.0. The van der Waals surface area contributed by atoms with Gasteiger partial charge in [-0.25, -0.2) is 4.79 Å². The Kier molecular flexibility index (Phi) is 5.30. The third-order valence-corrected chi connectivity index (χ3v) is 4.42. The molecule has 2 saturated heterocycles. The first-order valence-corrected chi connectivity index (χ1v) is 8.33. The van der Waals surface area contributed by atoms with Gasteiger partial charge in [0.05, 0.1) is 12.6 Å². The van der Waals surface area contributed by atoms with E-state index in [0.717, 1.165) is 10.5 Å². The average molecular weight is 346 g/mol. The molecule has 2 N–H and O–H groups in total. The van der Waals surface area contributed by atoms with Crippen LogP contribution in [0.5, 0.6) is 0 Å². The number of nitrogens with zero attached hydrogens (tertiary/aromatic N) is 3. The van der Waals surface area contributed by atoms with Gasteiger partial charge in [0.25, 0.3) is 5.91 Å². The van der Waals surface area contributed by atoms with Crippen LogP contribution >= 0.6 is 0 Å². The maximum Gasteiger partial charge on any atom is 0.325 e. The van der Waals surface area contributed by atoms with Crippen LogP contribution in [0.2, 0.25) is 0 Å². The molecule has 0 saturated carbocycles. The molecule has 2 aliphatic heterocycles. The Balaban J connectivity index is 1.58. The summed E-state index contributed by atoms with van der Waals surface area (Å²) in [5, 5.41) is 12.6. The van der Waals surface area contributed by atoms with Gasteiger partial charge in [-0.2, -0.15) is 0 Å². The molecule has 3 rings (SSSR count). The number of rotatable bonds is 4. The standard InChI is InChI=1S/C17H22N4O4/c22-14-10-19(9-13-4-2-1-3-5-13)6-7-20(11-14)16(24)12-21-15(23)8-18-17(21)25/h1-5,14,22H,6-12H2,(H,18,25). The molecule has 0 spiro atoms. The minimum absolute atomic E-state index is 0.0698. The van der Waals surface area contributed by atoms with Gasteiger partial charge < -0.3 is 15.3 Å². The van der Waals surface area contributed by atoms with E-state index < -0.39 is 18.0 Å². The maximum absolute atomic E-state index is 12.4. The lowest BCUT2D eigenvalue weighted by molar-refractivity contribution is -0.137. The summed E-state index contributed by atoms with van der Waals surface area (Å²) in [7, 11) is 0. The van der Waals surface area contributed by atoms with E-state index in [1.165, 1.54) is 4.90 Å². The highest BCUT2D eigenvalue weighted by atomic mass is 16.3. The first-order valence-electron chi connectivity index (χ1n) is 8.33. The third-order valence-electron chi connectivity index (χ3n) is 4.42. The molecule has 1 aromatic rings. The van der Waals surface area contributed by atoms with Crippen LogP contribution in [0.1, 0.15) is 5.56 Å². The Morgan fingerprint density at radius 1 is 1.16 bits per heavy atom. The van der Waals surface area contributed by atoms with E-state index in [1.807, 2.05) is 30.3 Å². The predicted molar refractivity (Wildman–Crippen MR) is 89.4 cm³/mol. The molecular weight excluding hydrogens is 324 g/mol. The Morgan fingerprint density at radius 2 is 1.92 bits per heavy atom. The SMILES string of the molecule is O=C(CN1C(=O)CNC1=O)N1CCN(Cc2ccccc2)CC(O)C1. The number of β-amino-alcohol motifs (C(OH)–C–C–N with tert-alkyl or cyclic N) is 1. The summed E-state index contributed by atoms with van der Waals surface area (Å²) in [6.45, 7) is 2.10. The Bertz CT molecular complexity index is 635. The minimum atomic E-state index is -0.668. The molecule has 0 aliphatic carbocycles. The average Bonchev–Trinajstić information content (AvgIpc) is 2.80. The molecule has 2 aliphatic rings. The number of imide groups is 1. The molecule has 1 atom stereocenters. The fourth-order valence-electron chi connectivity index (χ4n) is 3.12. The topological polar surface area (TPSA) is 93.2 Å². The zero-order valence-corrected chi connectivity index (χ0v) is 13.9. The molecule has 2 heterocycles. The smallest absolute Gasteiger partial charge is 0.325 e. The number of aliphatic hydroxyl groups excluding tert-OH is 1. The van der Waals surface area contributed by atoms with Crippen LogP contribution in [-0.2, 0) is 16.1 Å². The van der Waals surface area contributed by atoms with Gasteiger partial charge in [-0.3, -0.25) is 19.4 Å². The van der Waals surface area contributed by atoms with Gasteiger partial charge in [-0.1, -0.05) is 30.3 Å². The van der Waals surface area contributed by atoms with Gasteiger partial charge in [-0.05, 0) is 5.56 Å². The van der Waals surface area contributed by atoms with Crippen molar-refractivity contribution in [3.05, 3.63) is 35.9 Å². The lowest BCUT2D eigenvalue weighted by Crippen LogP contribution is -2.45. The van der Waals surface area contributed by atoms with Crippen molar-refractivity contribution in [3.8, 4) is 0 Å². The Morgan fingerprint density at radius 3 is 2.60 bits per heavy atom. The first-order chi connectivity index (χ1) is 12.0. The molecule has 4 amide bonds. The van der Waals surface area contributed by atoms with Crippen LogP contribution in [0.25, 0.3) is 0 Å². The number of hydrogen-bond acceptors (Lipinski definition) is 5. The van der Waals surface area contributed by atoms with Gasteiger partial charge in [0.2, 0.25) is 5.91 Å². The van der Waals surface area contributed by atoms with Gasteiger partial charge in [0.15, 0.2) is 0 Å². The Hall–Kier alpha value is -2.45. The Labute approximate surface area is 146 Å². The molecular formula is C17H22N4O4. The fraction of sp³-hybridized carbons (Fsp3) is 0.471. The highest BCUT2D eigenvalue weighted by Crippen LogP contribution is 2.10. The fourth-order valence-corrected chi connectivity index (χ4v) is 3.12. The highest BCUT2D eigenvalue weighted by molar-refractivity contribution is 6.04. The molecule has 0 aromatic heterocycles. The molecule has 0 bridgehead atoms. The summed E-state index contributed by atoms with van der Waals surface area (Å²) in [4.78, 5) is 40.1. The van der Waals surface area contributed by atoms with Crippen molar-refractivity contribution >= 4 is 17.8 Å². The van der Waals surface area contributed by atoms with Crippen LogP contribution < -0.4 is 5.32 Å². The molecule has 0 radical (unpaired) electrons. The van der Waals surface area contributed by atoms with E-state index in [0.29, 0.717) is 26.2 Å². The molecule has 25 heavy (non-hydrogen) atoms. The molecule has 1 unspecified atom stereocenters. The first kappa shape index (κ1) is 17.4. The van der Waals surface area contributed by atoms with E-state index in [4.69, 9.17) is 0 Å². The summed E-state index contributed by atoms with van der Waals surface area (Å²) in [6, 6.07) is 9.40. The summed E-state index contributed by atoms with van der Waals surface area (Å²) >= 11 is 0. The number of urea groups is 1. The number of nitrogens with one attached hydrogen (secondary N) is 1. The number of aliphatic hydroxyl groups is 1. The molecule has 2 fully saturated rings. The predicted octanol–water partition coefficient (Wildman–Crippen LogP) is -0.756. The van der Waals surface area contributed by atoms with Crippen molar-refractivity contribution < 1.29 is 19.5 Å². The number of hydrogen-bond donors (Lipinski definition) is 2. The van der Waals surface area contributed by atoms with Crippen molar-refractivity contribution in [2.45, 2.75) is 12.6 Å². The van der Waals surface area contributed by atoms with Crippen LogP contribution in [0.15, 0.2) is 30.3 Å². The van der Waals surface area contributed by atoms with Crippen molar-refractivity contribution in [1.82, 2.24) is 20.0 Å². The lowest BCUT2D eigenvalue weighted by Gasteiger charge is -2.23. The molecule has 8 heteroatoms. The second kappa shape index (κ2) is 7.62. The second-order valence-electron chi connectivity index (χ2n) is 6.35. The second-order valence-corrected chi connectivity index (χ2v) is 6.35. The van der Waals surface area contributed by atoms with E-state index in [-0.39, 0.29) is 25.5 Å². The maximum atomic E-state index is 12.4. The van der Waals surface area contributed by atoms with Gasteiger partial charge in [0.1, 0.15) is 6.54 Å². The molecule has 8 nitrogen and oxygen atoms in total. The number of benzene rings is 1. The monoisotopic (exact) mass is 346 g/mol.